The van der Waals surface area contributed by atoms with Gasteiger partial charge in [0.05, 0.1) is 11.0 Å². The Hall–Kier alpha value is -2.82. The molecule has 5 nitrogen and oxygen atoms in total. The van der Waals surface area contributed by atoms with E-state index in [2.05, 4.69) is 62.0 Å². The third-order valence-electron chi connectivity index (χ3n) is 4.79. The Morgan fingerprint density at radius 2 is 1.79 bits per heavy atom. The zero-order chi connectivity index (χ0) is 21.0. The SMILES string of the molecule is CCc1cccc(Nc2nc3ccc(C(=O)N(CC(C)C)CC(C)C)cc3[nH]2)c1. The van der Waals surface area contributed by atoms with Gasteiger partial charge in [0.1, 0.15) is 0 Å². The summed E-state index contributed by atoms with van der Waals surface area (Å²) in [6, 6.07) is 14.0. The van der Waals surface area contributed by atoms with E-state index in [9.17, 15) is 4.79 Å². The molecule has 154 valence electrons. The van der Waals surface area contributed by atoms with E-state index >= 15 is 0 Å². The second kappa shape index (κ2) is 9.12. The molecule has 0 saturated carbocycles. The van der Waals surface area contributed by atoms with Gasteiger partial charge in [-0.1, -0.05) is 46.8 Å². The van der Waals surface area contributed by atoms with Gasteiger partial charge in [-0.2, -0.15) is 0 Å². The Morgan fingerprint density at radius 1 is 1.07 bits per heavy atom. The van der Waals surface area contributed by atoms with Crippen LogP contribution in [0, 0.1) is 11.8 Å². The fraction of sp³-hybridized carbons (Fsp3) is 0.417. The van der Waals surface area contributed by atoms with Crippen molar-refractivity contribution in [2.45, 2.75) is 41.0 Å². The standard InChI is InChI=1S/C24H32N4O/c1-6-18-8-7-9-20(12-18)25-24-26-21-11-10-19(13-22(21)27-24)23(29)28(14-16(2)3)15-17(4)5/h7-13,16-17H,6,14-15H2,1-5H3,(H2,25,26,27). The molecule has 0 unspecified atom stereocenters. The summed E-state index contributed by atoms with van der Waals surface area (Å²) in [7, 11) is 0. The third-order valence-corrected chi connectivity index (χ3v) is 4.79. The number of aromatic amines is 1. The largest absolute Gasteiger partial charge is 0.338 e. The Kier molecular flexibility index (Phi) is 6.57. The average molecular weight is 393 g/mol. The van der Waals surface area contributed by atoms with E-state index in [1.54, 1.807) is 0 Å². The number of imidazole rings is 1. The summed E-state index contributed by atoms with van der Waals surface area (Å²) in [5.74, 6) is 1.62. The lowest BCUT2D eigenvalue weighted by Crippen LogP contribution is -2.37. The second-order valence-corrected chi connectivity index (χ2v) is 8.49. The lowest BCUT2D eigenvalue weighted by atomic mass is 10.1. The maximum atomic E-state index is 13.1. The van der Waals surface area contributed by atoms with E-state index in [0.717, 1.165) is 36.2 Å². The van der Waals surface area contributed by atoms with Gasteiger partial charge in [-0.25, -0.2) is 4.98 Å². The fourth-order valence-corrected chi connectivity index (χ4v) is 3.51. The first-order valence-electron chi connectivity index (χ1n) is 10.5. The van der Waals surface area contributed by atoms with E-state index in [4.69, 9.17) is 0 Å². The summed E-state index contributed by atoms with van der Waals surface area (Å²) in [4.78, 5) is 23.0. The van der Waals surface area contributed by atoms with Crippen molar-refractivity contribution in [3.05, 3.63) is 53.6 Å². The van der Waals surface area contributed by atoms with Crippen LogP contribution in [0.2, 0.25) is 0 Å². The van der Waals surface area contributed by atoms with Gasteiger partial charge in [0, 0.05) is 24.3 Å². The number of nitrogens with zero attached hydrogens (tertiary/aromatic N) is 2. The summed E-state index contributed by atoms with van der Waals surface area (Å²) >= 11 is 0. The first-order valence-corrected chi connectivity index (χ1v) is 10.5. The lowest BCUT2D eigenvalue weighted by molar-refractivity contribution is 0.0715. The highest BCUT2D eigenvalue weighted by Gasteiger charge is 2.19. The molecule has 0 fully saturated rings. The van der Waals surface area contributed by atoms with Crippen molar-refractivity contribution in [2.75, 3.05) is 18.4 Å². The number of aryl methyl sites for hydroxylation is 1. The van der Waals surface area contributed by atoms with Crippen molar-refractivity contribution in [2.24, 2.45) is 11.8 Å². The minimum atomic E-state index is 0.0778. The predicted octanol–water partition coefficient (Wildman–Crippen LogP) is 5.62. The number of carbonyl (C=O) groups is 1. The van der Waals surface area contributed by atoms with E-state index in [0.29, 0.717) is 23.3 Å². The molecule has 29 heavy (non-hydrogen) atoms. The molecule has 0 aliphatic carbocycles. The summed E-state index contributed by atoms with van der Waals surface area (Å²) < 4.78 is 0. The van der Waals surface area contributed by atoms with Crippen LogP contribution in [0.15, 0.2) is 42.5 Å². The van der Waals surface area contributed by atoms with Crippen LogP contribution in [0.5, 0.6) is 0 Å². The van der Waals surface area contributed by atoms with Crippen LogP contribution < -0.4 is 5.32 Å². The third kappa shape index (κ3) is 5.37. The zero-order valence-electron chi connectivity index (χ0n) is 18.1. The number of hydrogen-bond acceptors (Lipinski definition) is 3. The molecular weight excluding hydrogens is 360 g/mol. The molecule has 2 aromatic carbocycles. The lowest BCUT2D eigenvalue weighted by Gasteiger charge is -2.26. The number of amides is 1. The Labute approximate surface area is 173 Å². The average Bonchev–Trinajstić information content (AvgIpc) is 3.07. The number of benzene rings is 2. The predicted molar refractivity (Wildman–Crippen MR) is 121 cm³/mol. The Bertz CT molecular complexity index is 964. The summed E-state index contributed by atoms with van der Waals surface area (Å²) in [6.45, 7) is 12.2. The summed E-state index contributed by atoms with van der Waals surface area (Å²) in [5, 5.41) is 3.33. The first-order chi connectivity index (χ1) is 13.9. The highest BCUT2D eigenvalue weighted by atomic mass is 16.2. The molecule has 0 atom stereocenters. The number of fused-ring (bicyclic) bond motifs is 1. The number of aromatic nitrogens is 2. The molecule has 0 radical (unpaired) electrons. The zero-order valence-corrected chi connectivity index (χ0v) is 18.1. The summed E-state index contributed by atoms with van der Waals surface area (Å²) in [5.41, 5.74) is 4.67. The Balaban J connectivity index is 1.83. The molecule has 0 saturated heterocycles. The highest BCUT2D eigenvalue weighted by molar-refractivity contribution is 5.97. The molecule has 0 spiro atoms. The molecule has 1 heterocycles. The summed E-state index contributed by atoms with van der Waals surface area (Å²) in [6.07, 6.45) is 0.990. The van der Waals surface area contributed by atoms with Crippen LogP contribution in [0.3, 0.4) is 0 Å². The van der Waals surface area contributed by atoms with Crippen molar-refractivity contribution in [3.8, 4) is 0 Å². The highest BCUT2D eigenvalue weighted by Crippen LogP contribution is 2.21. The number of anilines is 2. The van der Waals surface area contributed by atoms with Crippen molar-refractivity contribution >= 4 is 28.6 Å². The minimum Gasteiger partial charge on any atom is -0.338 e. The van der Waals surface area contributed by atoms with Gasteiger partial charge >= 0.3 is 0 Å². The van der Waals surface area contributed by atoms with Gasteiger partial charge in [-0.15, -0.1) is 0 Å². The van der Waals surface area contributed by atoms with E-state index < -0.39 is 0 Å². The number of rotatable bonds is 8. The second-order valence-electron chi connectivity index (χ2n) is 8.49. The van der Waals surface area contributed by atoms with Crippen LogP contribution >= 0.6 is 0 Å². The molecule has 2 N–H and O–H groups in total. The van der Waals surface area contributed by atoms with E-state index in [-0.39, 0.29) is 5.91 Å². The van der Waals surface area contributed by atoms with Crippen LogP contribution in [-0.4, -0.2) is 33.9 Å². The molecule has 3 aromatic rings. The molecule has 0 aliphatic heterocycles. The van der Waals surface area contributed by atoms with E-state index in [1.807, 2.05) is 35.2 Å². The monoisotopic (exact) mass is 392 g/mol. The topological polar surface area (TPSA) is 61.0 Å². The van der Waals surface area contributed by atoms with Crippen molar-refractivity contribution < 1.29 is 4.79 Å². The molecule has 0 bridgehead atoms. The van der Waals surface area contributed by atoms with Crippen LogP contribution in [0.4, 0.5) is 11.6 Å². The maximum Gasteiger partial charge on any atom is 0.253 e. The molecule has 1 amide bonds. The normalized spacial score (nSPS) is 11.4. The molecule has 3 rings (SSSR count). The smallest absolute Gasteiger partial charge is 0.253 e. The van der Waals surface area contributed by atoms with Gasteiger partial charge < -0.3 is 15.2 Å². The minimum absolute atomic E-state index is 0.0778. The first kappa shape index (κ1) is 20.9. The van der Waals surface area contributed by atoms with E-state index in [1.165, 1.54) is 5.56 Å². The molecule has 5 heteroatoms. The van der Waals surface area contributed by atoms with Crippen molar-refractivity contribution in [1.29, 1.82) is 0 Å². The number of nitrogens with one attached hydrogen (secondary N) is 2. The molecule has 1 aromatic heterocycles. The number of carbonyl (C=O) groups excluding carboxylic acids is 1. The van der Waals surface area contributed by atoms with Gasteiger partial charge in [0.2, 0.25) is 5.95 Å². The van der Waals surface area contributed by atoms with Gasteiger partial charge in [0.25, 0.3) is 5.91 Å². The number of H-pyrrole nitrogens is 1. The molecule has 0 aliphatic rings. The fourth-order valence-electron chi connectivity index (χ4n) is 3.51. The number of hydrogen-bond donors (Lipinski definition) is 2. The van der Waals surface area contributed by atoms with Crippen molar-refractivity contribution in [3.63, 3.8) is 0 Å². The maximum absolute atomic E-state index is 13.1. The van der Waals surface area contributed by atoms with Crippen LogP contribution in [0.25, 0.3) is 11.0 Å². The van der Waals surface area contributed by atoms with Crippen molar-refractivity contribution in [1.82, 2.24) is 14.9 Å². The van der Waals surface area contributed by atoms with Gasteiger partial charge in [-0.3, -0.25) is 4.79 Å². The van der Waals surface area contributed by atoms with Crippen LogP contribution in [0.1, 0.15) is 50.5 Å². The quantitative estimate of drug-likeness (QED) is 0.523. The van der Waals surface area contributed by atoms with Gasteiger partial charge in [-0.05, 0) is 54.2 Å². The Morgan fingerprint density at radius 3 is 2.45 bits per heavy atom. The van der Waals surface area contributed by atoms with Crippen LogP contribution in [-0.2, 0) is 6.42 Å². The van der Waals surface area contributed by atoms with Gasteiger partial charge in [0.15, 0.2) is 0 Å². The molecular formula is C24H32N4O.